The molecular formula is C11H15FN2O. The van der Waals surface area contributed by atoms with Crippen molar-refractivity contribution in [3.05, 3.63) is 30.1 Å². The van der Waals surface area contributed by atoms with Gasteiger partial charge in [-0.05, 0) is 12.1 Å². The summed E-state index contributed by atoms with van der Waals surface area (Å²) in [6, 6.07) is 6.79. The minimum absolute atomic E-state index is 0.0124. The fourth-order valence-electron chi connectivity index (χ4n) is 1.79. The van der Waals surface area contributed by atoms with Crippen LogP contribution in [0.3, 0.4) is 0 Å². The number of ether oxygens (including phenoxy) is 1. The lowest BCUT2D eigenvalue weighted by molar-refractivity contribution is 0.0463. The van der Waals surface area contributed by atoms with Crippen molar-refractivity contribution in [1.82, 2.24) is 0 Å². The van der Waals surface area contributed by atoms with Gasteiger partial charge < -0.3 is 15.4 Å². The van der Waals surface area contributed by atoms with Crippen LogP contribution in [0.15, 0.2) is 24.3 Å². The average molecular weight is 210 g/mol. The zero-order chi connectivity index (χ0) is 10.7. The topological polar surface area (TPSA) is 38.5 Å². The van der Waals surface area contributed by atoms with E-state index in [1.54, 1.807) is 12.1 Å². The van der Waals surface area contributed by atoms with E-state index >= 15 is 0 Å². The van der Waals surface area contributed by atoms with Crippen molar-refractivity contribution in [3.8, 4) is 0 Å². The summed E-state index contributed by atoms with van der Waals surface area (Å²) in [4.78, 5) is 1.98. The Bertz CT molecular complexity index is 332. The van der Waals surface area contributed by atoms with Crippen molar-refractivity contribution in [2.45, 2.75) is 6.10 Å². The van der Waals surface area contributed by atoms with Crippen molar-refractivity contribution < 1.29 is 9.13 Å². The highest BCUT2D eigenvalue weighted by Crippen LogP contribution is 2.20. The van der Waals surface area contributed by atoms with Gasteiger partial charge in [0.1, 0.15) is 5.82 Å². The summed E-state index contributed by atoms with van der Waals surface area (Å²) >= 11 is 0. The Balaban J connectivity index is 2.13. The predicted molar refractivity (Wildman–Crippen MR) is 57.4 cm³/mol. The summed E-state index contributed by atoms with van der Waals surface area (Å²) in [6.07, 6.45) is 0.0124. The Morgan fingerprint density at radius 3 is 3.00 bits per heavy atom. The van der Waals surface area contributed by atoms with E-state index in [2.05, 4.69) is 0 Å². The molecule has 15 heavy (non-hydrogen) atoms. The Kier molecular flexibility index (Phi) is 3.18. The van der Waals surface area contributed by atoms with Gasteiger partial charge >= 0.3 is 0 Å². The van der Waals surface area contributed by atoms with Gasteiger partial charge in [-0.15, -0.1) is 0 Å². The molecule has 1 saturated heterocycles. The number of nitrogens with two attached hydrogens (primary N) is 1. The van der Waals surface area contributed by atoms with Crippen molar-refractivity contribution in [2.24, 2.45) is 5.73 Å². The Hall–Kier alpha value is -1.13. The van der Waals surface area contributed by atoms with Crippen molar-refractivity contribution >= 4 is 5.69 Å². The van der Waals surface area contributed by atoms with Gasteiger partial charge in [0.2, 0.25) is 0 Å². The molecule has 82 valence electrons. The number of benzene rings is 1. The number of halogens is 1. The number of hydrogen-bond donors (Lipinski definition) is 1. The van der Waals surface area contributed by atoms with E-state index in [1.807, 2.05) is 11.0 Å². The molecule has 1 fully saturated rings. The summed E-state index contributed by atoms with van der Waals surface area (Å²) in [5.41, 5.74) is 6.17. The van der Waals surface area contributed by atoms with E-state index < -0.39 is 0 Å². The second-order valence-electron chi connectivity index (χ2n) is 3.63. The summed E-state index contributed by atoms with van der Waals surface area (Å²) in [7, 11) is 0. The molecule has 1 unspecified atom stereocenters. The Morgan fingerprint density at radius 1 is 1.47 bits per heavy atom. The van der Waals surface area contributed by atoms with E-state index in [4.69, 9.17) is 10.5 Å². The minimum Gasteiger partial charge on any atom is -0.373 e. The van der Waals surface area contributed by atoms with E-state index in [0.29, 0.717) is 25.4 Å². The van der Waals surface area contributed by atoms with Gasteiger partial charge in [-0.2, -0.15) is 0 Å². The third-order valence-corrected chi connectivity index (χ3v) is 2.59. The Labute approximate surface area is 88.6 Å². The highest BCUT2D eigenvalue weighted by Gasteiger charge is 2.20. The van der Waals surface area contributed by atoms with E-state index in [9.17, 15) is 4.39 Å². The minimum atomic E-state index is -0.185. The van der Waals surface area contributed by atoms with Crippen LogP contribution >= 0.6 is 0 Å². The highest BCUT2D eigenvalue weighted by molar-refractivity contribution is 5.48. The molecule has 0 aromatic heterocycles. The number of anilines is 1. The lowest BCUT2D eigenvalue weighted by Crippen LogP contribution is -2.46. The number of nitrogens with zero attached hydrogens (tertiary/aromatic N) is 1. The molecule has 1 aromatic carbocycles. The molecule has 3 nitrogen and oxygen atoms in total. The van der Waals surface area contributed by atoms with Crippen molar-refractivity contribution in [3.63, 3.8) is 0 Å². The standard InChI is InChI=1S/C11H15FN2O/c12-10-3-1-2-4-11(10)14-5-6-15-9(7-13)8-14/h1-4,9H,5-8,13H2. The predicted octanol–water partition coefficient (Wildman–Crippen LogP) is 0.990. The zero-order valence-electron chi connectivity index (χ0n) is 8.53. The van der Waals surface area contributed by atoms with Crippen LogP contribution in [0.1, 0.15) is 0 Å². The Morgan fingerprint density at radius 2 is 2.27 bits per heavy atom. The molecule has 0 radical (unpaired) electrons. The normalized spacial score (nSPS) is 21.7. The first kappa shape index (κ1) is 10.4. The quantitative estimate of drug-likeness (QED) is 0.791. The fraction of sp³-hybridized carbons (Fsp3) is 0.455. The van der Waals surface area contributed by atoms with Crippen LogP contribution in [-0.2, 0) is 4.74 Å². The summed E-state index contributed by atoms with van der Waals surface area (Å²) in [5, 5.41) is 0. The molecule has 1 aromatic rings. The van der Waals surface area contributed by atoms with Crippen LogP contribution in [0.5, 0.6) is 0 Å². The van der Waals surface area contributed by atoms with Crippen LogP contribution in [0.2, 0.25) is 0 Å². The van der Waals surface area contributed by atoms with Gasteiger partial charge in [0, 0.05) is 19.6 Å². The maximum atomic E-state index is 13.5. The van der Waals surface area contributed by atoms with Crippen LogP contribution in [0.25, 0.3) is 0 Å². The summed E-state index contributed by atoms with van der Waals surface area (Å²) in [6.45, 7) is 2.47. The molecule has 0 spiro atoms. The molecular weight excluding hydrogens is 195 g/mol. The van der Waals surface area contributed by atoms with E-state index in [-0.39, 0.29) is 11.9 Å². The average Bonchev–Trinajstić information content (AvgIpc) is 2.30. The lowest BCUT2D eigenvalue weighted by atomic mass is 10.2. The van der Waals surface area contributed by atoms with E-state index in [1.165, 1.54) is 6.07 Å². The molecule has 1 aliphatic heterocycles. The summed E-state index contributed by atoms with van der Waals surface area (Å²) in [5.74, 6) is -0.185. The molecule has 0 amide bonds. The molecule has 0 saturated carbocycles. The highest BCUT2D eigenvalue weighted by atomic mass is 19.1. The third kappa shape index (κ3) is 2.27. The largest absolute Gasteiger partial charge is 0.373 e. The number of rotatable bonds is 2. The van der Waals surface area contributed by atoms with Crippen molar-refractivity contribution in [2.75, 3.05) is 31.1 Å². The zero-order valence-corrected chi connectivity index (χ0v) is 8.53. The molecule has 0 bridgehead atoms. The van der Waals surface area contributed by atoms with E-state index in [0.717, 1.165) is 6.54 Å². The monoisotopic (exact) mass is 210 g/mol. The van der Waals surface area contributed by atoms with Crippen molar-refractivity contribution in [1.29, 1.82) is 0 Å². The third-order valence-electron chi connectivity index (χ3n) is 2.59. The molecule has 4 heteroatoms. The number of hydrogen-bond acceptors (Lipinski definition) is 3. The summed E-state index contributed by atoms with van der Waals surface area (Å²) < 4.78 is 18.9. The SMILES string of the molecule is NCC1CN(c2ccccc2F)CCO1. The fourth-order valence-corrected chi connectivity index (χ4v) is 1.79. The second-order valence-corrected chi connectivity index (χ2v) is 3.63. The lowest BCUT2D eigenvalue weighted by Gasteiger charge is -2.34. The maximum Gasteiger partial charge on any atom is 0.146 e. The van der Waals surface area contributed by atoms with Gasteiger partial charge in [0.15, 0.2) is 0 Å². The first-order valence-electron chi connectivity index (χ1n) is 5.12. The molecule has 2 N–H and O–H groups in total. The van der Waals surface area contributed by atoms with Gasteiger partial charge in [0.25, 0.3) is 0 Å². The molecule has 0 aliphatic carbocycles. The first-order chi connectivity index (χ1) is 7.31. The smallest absolute Gasteiger partial charge is 0.146 e. The van der Waals surface area contributed by atoms with Gasteiger partial charge in [-0.25, -0.2) is 4.39 Å². The van der Waals surface area contributed by atoms with Crippen LogP contribution < -0.4 is 10.6 Å². The first-order valence-corrected chi connectivity index (χ1v) is 5.12. The number of para-hydroxylation sites is 1. The van der Waals surface area contributed by atoms with Gasteiger partial charge in [-0.3, -0.25) is 0 Å². The number of morpholine rings is 1. The molecule has 1 aliphatic rings. The van der Waals surface area contributed by atoms with Crippen LogP contribution in [-0.4, -0.2) is 32.3 Å². The van der Waals surface area contributed by atoms with Gasteiger partial charge in [-0.1, -0.05) is 12.1 Å². The molecule has 1 atom stereocenters. The maximum absolute atomic E-state index is 13.5. The molecule has 2 rings (SSSR count). The second kappa shape index (κ2) is 4.59. The van der Waals surface area contributed by atoms with Crippen LogP contribution in [0.4, 0.5) is 10.1 Å². The van der Waals surface area contributed by atoms with Crippen LogP contribution in [0, 0.1) is 5.82 Å². The van der Waals surface area contributed by atoms with Gasteiger partial charge in [0.05, 0.1) is 18.4 Å². The molecule has 1 heterocycles.